The Kier molecular flexibility index (Phi) is 65.3. The summed E-state index contributed by atoms with van der Waals surface area (Å²) < 4.78 is 16.9. The number of carbonyl (C=O) groups is 3. The zero-order valence-electron chi connectivity index (χ0n) is 53.5. The average Bonchev–Trinajstić information content (AvgIpc) is 3.48. The Labute approximate surface area is 506 Å². The summed E-state index contributed by atoms with van der Waals surface area (Å²) in [7, 11) is 0. The number of unbranched alkanes of at least 4 members (excludes halogenated alkanes) is 28. The molecule has 0 heterocycles. The van der Waals surface area contributed by atoms with Crippen LogP contribution >= 0.6 is 0 Å². The van der Waals surface area contributed by atoms with Crippen LogP contribution in [0.15, 0.2) is 134 Å². The summed E-state index contributed by atoms with van der Waals surface area (Å²) in [5, 5.41) is 0. The average molecular weight is 1140 g/mol. The van der Waals surface area contributed by atoms with E-state index in [-0.39, 0.29) is 31.1 Å². The Balaban J connectivity index is 4.19. The molecule has 0 spiro atoms. The topological polar surface area (TPSA) is 78.9 Å². The van der Waals surface area contributed by atoms with Gasteiger partial charge in [0.1, 0.15) is 13.2 Å². The maximum absolute atomic E-state index is 12.9. The number of rotatable bonds is 61. The molecule has 0 rings (SSSR count). The van der Waals surface area contributed by atoms with Crippen molar-refractivity contribution in [3.63, 3.8) is 0 Å². The lowest BCUT2D eigenvalue weighted by Gasteiger charge is -2.18. The van der Waals surface area contributed by atoms with Crippen LogP contribution in [0, 0.1) is 0 Å². The molecule has 0 saturated heterocycles. The molecule has 0 saturated carbocycles. The highest BCUT2D eigenvalue weighted by molar-refractivity contribution is 5.71. The largest absolute Gasteiger partial charge is 0.462 e. The molecule has 0 fully saturated rings. The van der Waals surface area contributed by atoms with Crippen molar-refractivity contribution in [2.24, 2.45) is 0 Å². The Morgan fingerprint density at radius 2 is 0.476 bits per heavy atom. The van der Waals surface area contributed by atoms with Crippen LogP contribution in [0.5, 0.6) is 0 Å². The minimum atomic E-state index is -0.790. The van der Waals surface area contributed by atoms with Gasteiger partial charge in [-0.2, -0.15) is 0 Å². The van der Waals surface area contributed by atoms with E-state index < -0.39 is 6.10 Å². The summed E-state index contributed by atoms with van der Waals surface area (Å²) in [5.74, 6) is -0.903. The van der Waals surface area contributed by atoms with Gasteiger partial charge in [0.25, 0.3) is 0 Å². The molecule has 0 aliphatic heterocycles. The molecule has 0 N–H and O–H groups in total. The minimum Gasteiger partial charge on any atom is -0.462 e. The van der Waals surface area contributed by atoms with Gasteiger partial charge in [0.05, 0.1) is 0 Å². The number of esters is 3. The summed E-state index contributed by atoms with van der Waals surface area (Å²) in [5.41, 5.74) is 0. The Morgan fingerprint density at radius 1 is 0.256 bits per heavy atom. The fraction of sp³-hybridized carbons (Fsp3) is 0.671. The quantitative estimate of drug-likeness (QED) is 0.0261. The van der Waals surface area contributed by atoms with Gasteiger partial charge < -0.3 is 14.2 Å². The van der Waals surface area contributed by atoms with Crippen LogP contribution < -0.4 is 0 Å². The van der Waals surface area contributed by atoms with Gasteiger partial charge >= 0.3 is 17.9 Å². The van der Waals surface area contributed by atoms with Crippen molar-refractivity contribution in [3.05, 3.63) is 134 Å². The molecule has 6 heteroatoms. The number of allylic oxidation sites excluding steroid dienone is 22. The molecule has 0 aliphatic carbocycles. The third kappa shape index (κ3) is 66.4. The predicted molar refractivity (Wildman–Crippen MR) is 357 cm³/mol. The molecule has 466 valence electrons. The highest BCUT2D eigenvalue weighted by atomic mass is 16.6. The van der Waals surface area contributed by atoms with Crippen LogP contribution in [0.4, 0.5) is 0 Å². The lowest BCUT2D eigenvalue weighted by atomic mass is 10.0. The molecule has 0 aromatic carbocycles. The van der Waals surface area contributed by atoms with Crippen molar-refractivity contribution in [2.75, 3.05) is 13.2 Å². The van der Waals surface area contributed by atoms with E-state index in [0.717, 1.165) is 148 Å². The highest BCUT2D eigenvalue weighted by Gasteiger charge is 2.19. The summed E-state index contributed by atoms with van der Waals surface area (Å²) >= 11 is 0. The summed E-state index contributed by atoms with van der Waals surface area (Å²) in [6.07, 6.45) is 97.7. The zero-order chi connectivity index (χ0) is 59.2. The fourth-order valence-electron chi connectivity index (χ4n) is 9.36. The number of ether oxygens (including phenoxy) is 3. The molecule has 82 heavy (non-hydrogen) atoms. The second-order valence-corrected chi connectivity index (χ2v) is 22.3. The van der Waals surface area contributed by atoms with Gasteiger partial charge in [-0.1, -0.05) is 309 Å². The van der Waals surface area contributed by atoms with E-state index in [1.165, 1.54) is 122 Å². The molecule has 1 unspecified atom stereocenters. The van der Waals surface area contributed by atoms with Gasteiger partial charge in [-0.15, -0.1) is 0 Å². The van der Waals surface area contributed by atoms with Gasteiger partial charge in [-0.05, 0) is 116 Å². The highest BCUT2D eigenvalue weighted by Crippen LogP contribution is 2.16. The van der Waals surface area contributed by atoms with E-state index >= 15 is 0 Å². The first-order valence-corrected chi connectivity index (χ1v) is 34.2. The summed E-state index contributed by atoms with van der Waals surface area (Å²) in [6.45, 7) is 6.39. The standard InChI is InChI=1S/C76H126O6/c1-4-7-10-13-16-19-21-23-25-27-29-31-33-35-37-38-40-41-43-45-47-49-51-53-55-57-60-63-66-69-75(78)81-72-73(71-80-74(77)68-65-62-59-18-15-12-9-6-3)82-76(79)70-67-64-61-58-56-54-52-50-48-46-44-42-39-36-34-32-30-28-26-24-22-20-17-14-11-8-5-2/h7-8,10-11,16-17,19-20,23-26,29-32,36,39,44,46,50,52,73H,4-6,9,12-15,18,21-22,27-28,33-35,37-38,40-43,45,47-49,51,53-72H2,1-3H3/b10-7-,11-8-,19-16-,20-17-,25-23-,26-24-,31-29-,32-30-,39-36-,46-44-,52-50-. The third-order valence-electron chi connectivity index (χ3n) is 14.4. The van der Waals surface area contributed by atoms with Gasteiger partial charge in [0, 0.05) is 19.3 Å². The maximum Gasteiger partial charge on any atom is 0.306 e. The minimum absolute atomic E-state index is 0.0862. The van der Waals surface area contributed by atoms with Gasteiger partial charge in [0.15, 0.2) is 6.10 Å². The first kappa shape index (κ1) is 77.5. The van der Waals surface area contributed by atoms with Crippen molar-refractivity contribution in [1.29, 1.82) is 0 Å². The summed E-state index contributed by atoms with van der Waals surface area (Å²) in [6, 6.07) is 0. The molecular formula is C76H126O6. The van der Waals surface area contributed by atoms with Crippen molar-refractivity contribution >= 4 is 17.9 Å². The third-order valence-corrected chi connectivity index (χ3v) is 14.4. The number of hydrogen-bond acceptors (Lipinski definition) is 6. The molecule has 0 radical (unpaired) electrons. The molecule has 0 bridgehead atoms. The lowest BCUT2D eigenvalue weighted by Crippen LogP contribution is -2.30. The van der Waals surface area contributed by atoms with Crippen LogP contribution in [0.2, 0.25) is 0 Å². The number of carbonyl (C=O) groups excluding carboxylic acids is 3. The molecule has 0 aliphatic rings. The van der Waals surface area contributed by atoms with Gasteiger partial charge in [0.2, 0.25) is 0 Å². The smallest absolute Gasteiger partial charge is 0.306 e. The van der Waals surface area contributed by atoms with Crippen LogP contribution in [0.25, 0.3) is 0 Å². The maximum atomic E-state index is 12.9. The second kappa shape index (κ2) is 69.0. The first-order chi connectivity index (χ1) is 40.5. The summed E-state index contributed by atoms with van der Waals surface area (Å²) in [4.78, 5) is 38.2. The van der Waals surface area contributed by atoms with E-state index in [1.54, 1.807) is 0 Å². The van der Waals surface area contributed by atoms with E-state index in [0.29, 0.717) is 19.3 Å². The Hall–Kier alpha value is -4.45. The van der Waals surface area contributed by atoms with Crippen molar-refractivity contribution in [3.8, 4) is 0 Å². The normalized spacial score (nSPS) is 13.0. The fourth-order valence-corrected chi connectivity index (χ4v) is 9.36. The van der Waals surface area contributed by atoms with Crippen LogP contribution in [0.1, 0.15) is 310 Å². The molecule has 0 aromatic rings. The molecule has 1 atom stereocenters. The SMILES string of the molecule is CC/C=C\C/C=C\C/C=C\C/C=C\C/C=C\C/C=C\C/C=C\CCCCCCCC(=O)OC(COC(=O)CCCCCCCCCC)COC(=O)CCCCCCCCCCCCCCCCCC/C=C\C/C=C\C/C=C\C/C=C\CC. The molecular weight excluding hydrogens is 1010 g/mol. The lowest BCUT2D eigenvalue weighted by molar-refractivity contribution is -0.167. The van der Waals surface area contributed by atoms with E-state index in [9.17, 15) is 14.4 Å². The molecule has 0 amide bonds. The van der Waals surface area contributed by atoms with Crippen LogP contribution in [-0.4, -0.2) is 37.2 Å². The van der Waals surface area contributed by atoms with Gasteiger partial charge in [-0.25, -0.2) is 0 Å². The van der Waals surface area contributed by atoms with Gasteiger partial charge in [-0.3, -0.25) is 14.4 Å². The molecule has 6 nitrogen and oxygen atoms in total. The second-order valence-electron chi connectivity index (χ2n) is 22.3. The molecule has 0 aromatic heterocycles. The zero-order valence-corrected chi connectivity index (χ0v) is 53.5. The Morgan fingerprint density at radius 3 is 0.744 bits per heavy atom. The van der Waals surface area contributed by atoms with E-state index in [4.69, 9.17) is 14.2 Å². The van der Waals surface area contributed by atoms with Crippen LogP contribution in [-0.2, 0) is 28.6 Å². The van der Waals surface area contributed by atoms with Crippen molar-refractivity contribution in [2.45, 2.75) is 316 Å². The first-order valence-electron chi connectivity index (χ1n) is 34.2. The van der Waals surface area contributed by atoms with Crippen molar-refractivity contribution < 1.29 is 28.6 Å². The monoisotopic (exact) mass is 1130 g/mol. The predicted octanol–water partition coefficient (Wildman–Crippen LogP) is 23.7. The van der Waals surface area contributed by atoms with E-state index in [1.807, 2.05) is 0 Å². The van der Waals surface area contributed by atoms with Crippen LogP contribution in [0.3, 0.4) is 0 Å². The van der Waals surface area contributed by atoms with E-state index in [2.05, 4.69) is 154 Å². The Bertz CT molecular complexity index is 1730. The van der Waals surface area contributed by atoms with Crippen molar-refractivity contribution in [1.82, 2.24) is 0 Å². The number of hydrogen-bond donors (Lipinski definition) is 0.